The molecule has 2 aromatic heterocycles. The minimum Gasteiger partial charge on any atom is -0.497 e. The van der Waals surface area contributed by atoms with Crippen LogP contribution in [0.1, 0.15) is 22.5 Å². The third-order valence-electron chi connectivity index (χ3n) is 4.10. The van der Waals surface area contributed by atoms with Crippen molar-refractivity contribution in [2.45, 2.75) is 18.9 Å². The molecule has 1 amide bonds. The van der Waals surface area contributed by atoms with E-state index in [2.05, 4.69) is 10.3 Å². The molecule has 6 heteroatoms. The number of thiophene rings is 1. The Hall–Kier alpha value is -2.60. The number of nitrogens with two attached hydrogens (primary N) is 1. The zero-order valence-electron chi connectivity index (χ0n) is 13.2. The molecule has 1 aromatic carbocycles. The summed E-state index contributed by atoms with van der Waals surface area (Å²) in [6, 6.07) is 11.9. The number of amides is 1. The summed E-state index contributed by atoms with van der Waals surface area (Å²) in [6.45, 7) is 0. The SMILES string of the molecule is COc1ccc(-c2ccc3c(N)c(C(=O)NC4CC4)sc3n2)cc1. The number of fused-ring (bicyclic) bond motifs is 1. The predicted molar refractivity (Wildman–Crippen MR) is 96.5 cm³/mol. The summed E-state index contributed by atoms with van der Waals surface area (Å²) in [5.41, 5.74) is 8.51. The zero-order valence-corrected chi connectivity index (χ0v) is 14.0. The predicted octanol–water partition coefficient (Wildman–Crippen LogP) is 3.45. The number of benzene rings is 1. The van der Waals surface area contributed by atoms with Crippen LogP contribution in [-0.4, -0.2) is 24.0 Å². The molecule has 3 aromatic rings. The van der Waals surface area contributed by atoms with Gasteiger partial charge in [0, 0.05) is 17.0 Å². The van der Waals surface area contributed by atoms with Gasteiger partial charge < -0.3 is 15.8 Å². The van der Waals surface area contributed by atoms with Crippen LogP contribution >= 0.6 is 11.3 Å². The zero-order chi connectivity index (χ0) is 16.7. The van der Waals surface area contributed by atoms with Crippen molar-refractivity contribution in [3.8, 4) is 17.0 Å². The Bertz CT molecular complexity index is 914. The molecule has 1 saturated carbocycles. The van der Waals surface area contributed by atoms with Crippen molar-refractivity contribution < 1.29 is 9.53 Å². The van der Waals surface area contributed by atoms with Gasteiger partial charge in [-0.05, 0) is 49.2 Å². The van der Waals surface area contributed by atoms with Gasteiger partial charge in [-0.2, -0.15) is 0 Å². The van der Waals surface area contributed by atoms with Gasteiger partial charge in [0.2, 0.25) is 0 Å². The molecule has 5 nitrogen and oxygen atoms in total. The van der Waals surface area contributed by atoms with Crippen LogP contribution in [0.25, 0.3) is 21.5 Å². The first kappa shape index (κ1) is 15.0. The molecule has 0 spiro atoms. The van der Waals surface area contributed by atoms with Crippen LogP contribution in [0, 0.1) is 0 Å². The Morgan fingerprint density at radius 3 is 2.67 bits per heavy atom. The van der Waals surface area contributed by atoms with Crippen LogP contribution in [0.2, 0.25) is 0 Å². The average molecular weight is 339 g/mol. The molecule has 1 fully saturated rings. The Kier molecular flexibility index (Phi) is 3.61. The molecule has 122 valence electrons. The van der Waals surface area contributed by atoms with Crippen LogP contribution in [0.5, 0.6) is 5.75 Å². The van der Waals surface area contributed by atoms with Crippen LogP contribution in [0.4, 0.5) is 5.69 Å². The van der Waals surface area contributed by atoms with E-state index in [4.69, 9.17) is 10.5 Å². The van der Waals surface area contributed by atoms with Crippen molar-refractivity contribution in [1.82, 2.24) is 10.3 Å². The molecule has 1 aliphatic rings. The largest absolute Gasteiger partial charge is 0.497 e. The highest BCUT2D eigenvalue weighted by molar-refractivity contribution is 7.21. The molecule has 0 aliphatic heterocycles. The van der Waals surface area contributed by atoms with Crippen molar-refractivity contribution in [1.29, 1.82) is 0 Å². The van der Waals surface area contributed by atoms with E-state index in [1.807, 2.05) is 36.4 Å². The standard InChI is InChI=1S/C18H17N3O2S/c1-23-12-6-2-10(3-7-12)14-9-8-13-15(19)16(24-18(13)21-14)17(22)20-11-4-5-11/h2-3,6-9,11H,4-5,19H2,1H3,(H,20,22). The fourth-order valence-corrected chi connectivity index (χ4v) is 3.56. The van der Waals surface area contributed by atoms with Gasteiger partial charge in [0.25, 0.3) is 5.91 Å². The Morgan fingerprint density at radius 2 is 2.00 bits per heavy atom. The second kappa shape index (κ2) is 5.79. The number of nitrogens with zero attached hydrogens (tertiary/aromatic N) is 1. The maximum Gasteiger partial charge on any atom is 0.263 e. The van der Waals surface area contributed by atoms with Crippen molar-refractivity contribution in [2.24, 2.45) is 0 Å². The normalized spacial score (nSPS) is 13.9. The number of anilines is 1. The van der Waals surface area contributed by atoms with Gasteiger partial charge in [-0.1, -0.05) is 0 Å². The summed E-state index contributed by atoms with van der Waals surface area (Å²) in [5, 5.41) is 3.81. The van der Waals surface area contributed by atoms with E-state index in [9.17, 15) is 4.79 Å². The number of hydrogen-bond acceptors (Lipinski definition) is 5. The van der Waals surface area contributed by atoms with Gasteiger partial charge in [0.1, 0.15) is 15.5 Å². The monoisotopic (exact) mass is 339 g/mol. The molecule has 3 N–H and O–H groups in total. The van der Waals surface area contributed by atoms with Crippen LogP contribution in [0.3, 0.4) is 0 Å². The van der Waals surface area contributed by atoms with Gasteiger partial charge in [-0.25, -0.2) is 4.98 Å². The number of pyridine rings is 1. The number of ether oxygens (including phenoxy) is 1. The van der Waals surface area contributed by atoms with Gasteiger partial charge >= 0.3 is 0 Å². The van der Waals surface area contributed by atoms with E-state index >= 15 is 0 Å². The molecule has 1 aliphatic carbocycles. The molecule has 24 heavy (non-hydrogen) atoms. The molecule has 0 saturated heterocycles. The number of methoxy groups -OCH3 is 1. The smallest absolute Gasteiger partial charge is 0.263 e. The molecular formula is C18H17N3O2S. The first-order valence-electron chi connectivity index (χ1n) is 7.80. The van der Waals surface area contributed by atoms with E-state index in [0.29, 0.717) is 16.6 Å². The summed E-state index contributed by atoms with van der Waals surface area (Å²) in [7, 11) is 1.64. The lowest BCUT2D eigenvalue weighted by Gasteiger charge is -2.03. The molecule has 0 atom stereocenters. The van der Waals surface area contributed by atoms with E-state index < -0.39 is 0 Å². The second-order valence-corrected chi connectivity index (χ2v) is 6.87. The van der Waals surface area contributed by atoms with Gasteiger partial charge in [-0.15, -0.1) is 11.3 Å². The minimum atomic E-state index is -0.0935. The fraction of sp³-hybridized carbons (Fsp3) is 0.222. The second-order valence-electron chi connectivity index (χ2n) is 5.87. The molecule has 0 bridgehead atoms. The molecule has 0 unspecified atom stereocenters. The van der Waals surface area contributed by atoms with Crippen molar-refractivity contribution in [3.63, 3.8) is 0 Å². The highest BCUT2D eigenvalue weighted by Crippen LogP contribution is 2.35. The van der Waals surface area contributed by atoms with E-state index in [0.717, 1.165) is 40.1 Å². The van der Waals surface area contributed by atoms with Crippen molar-refractivity contribution >= 4 is 33.1 Å². The van der Waals surface area contributed by atoms with Crippen LogP contribution < -0.4 is 15.8 Å². The van der Waals surface area contributed by atoms with Gasteiger partial charge in [-0.3, -0.25) is 4.79 Å². The molecule has 2 heterocycles. The average Bonchev–Trinajstić information content (AvgIpc) is 3.36. The van der Waals surface area contributed by atoms with Crippen molar-refractivity contribution in [3.05, 3.63) is 41.3 Å². The first-order valence-corrected chi connectivity index (χ1v) is 8.61. The van der Waals surface area contributed by atoms with Crippen LogP contribution in [0.15, 0.2) is 36.4 Å². The molecule has 0 radical (unpaired) electrons. The highest BCUT2D eigenvalue weighted by atomic mass is 32.1. The summed E-state index contributed by atoms with van der Waals surface area (Å²) in [4.78, 5) is 18.3. The number of carbonyl (C=O) groups is 1. The Balaban J connectivity index is 1.70. The quantitative estimate of drug-likeness (QED) is 0.763. The van der Waals surface area contributed by atoms with E-state index in [-0.39, 0.29) is 5.91 Å². The fourth-order valence-electron chi connectivity index (χ4n) is 2.57. The minimum absolute atomic E-state index is 0.0935. The van der Waals surface area contributed by atoms with E-state index in [1.54, 1.807) is 7.11 Å². The number of carbonyl (C=O) groups excluding carboxylic acids is 1. The number of hydrogen-bond donors (Lipinski definition) is 2. The lowest BCUT2D eigenvalue weighted by Crippen LogP contribution is -2.25. The number of aromatic nitrogens is 1. The third-order valence-corrected chi connectivity index (χ3v) is 5.21. The highest BCUT2D eigenvalue weighted by Gasteiger charge is 2.26. The Labute approximate surface area is 143 Å². The van der Waals surface area contributed by atoms with Crippen molar-refractivity contribution in [2.75, 3.05) is 12.8 Å². The molecule has 4 rings (SSSR count). The summed E-state index contributed by atoms with van der Waals surface area (Å²) < 4.78 is 5.18. The summed E-state index contributed by atoms with van der Waals surface area (Å²) in [6.07, 6.45) is 2.10. The molecular weight excluding hydrogens is 322 g/mol. The number of rotatable bonds is 4. The third kappa shape index (κ3) is 2.69. The number of nitrogens with one attached hydrogen (secondary N) is 1. The summed E-state index contributed by atoms with van der Waals surface area (Å²) >= 11 is 1.35. The van der Waals surface area contributed by atoms with Crippen LogP contribution in [-0.2, 0) is 0 Å². The first-order chi connectivity index (χ1) is 11.7. The summed E-state index contributed by atoms with van der Waals surface area (Å²) in [5.74, 6) is 0.711. The lowest BCUT2D eigenvalue weighted by atomic mass is 10.1. The van der Waals surface area contributed by atoms with Gasteiger partial charge in [0.15, 0.2) is 0 Å². The maximum atomic E-state index is 12.3. The maximum absolute atomic E-state index is 12.3. The van der Waals surface area contributed by atoms with E-state index in [1.165, 1.54) is 11.3 Å². The Morgan fingerprint density at radius 1 is 1.25 bits per heavy atom. The topological polar surface area (TPSA) is 77.2 Å². The van der Waals surface area contributed by atoms with Gasteiger partial charge in [0.05, 0.1) is 18.5 Å². The lowest BCUT2D eigenvalue weighted by molar-refractivity contribution is 0.0956. The number of nitrogen functional groups attached to an aromatic ring is 1.